The van der Waals surface area contributed by atoms with Crippen molar-refractivity contribution in [1.29, 1.82) is 0 Å². The number of aliphatic hydroxyl groups excluding tert-OH is 1. The molecule has 0 radical (unpaired) electrons. The maximum absolute atomic E-state index is 12.8. The Morgan fingerprint density at radius 1 is 1.44 bits per heavy atom. The molecule has 0 saturated carbocycles. The Labute approximate surface area is 113 Å². The molecule has 94 valence electrons. The zero-order chi connectivity index (χ0) is 13.1. The Morgan fingerprint density at radius 2 is 2.11 bits per heavy atom. The molecule has 0 spiro atoms. The maximum Gasteiger partial charge on any atom is 0.142 e. The largest absolute Gasteiger partial charge is 0.380 e. The van der Waals surface area contributed by atoms with Crippen LogP contribution in [0.25, 0.3) is 0 Å². The average Bonchev–Trinajstić information content (AvgIpc) is 2.76. The number of aliphatic hydroxyl groups is 1. The fourth-order valence-electron chi connectivity index (χ4n) is 1.68. The number of aromatic nitrogens is 2. The van der Waals surface area contributed by atoms with E-state index in [2.05, 4.69) is 27.5 Å². The zero-order valence-corrected chi connectivity index (χ0v) is 11.1. The maximum atomic E-state index is 12.8. The van der Waals surface area contributed by atoms with Crippen molar-refractivity contribution >= 4 is 15.9 Å². The van der Waals surface area contributed by atoms with Crippen LogP contribution in [0.1, 0.15) is 17.5 Å². The molecule has 0 aliphatic heterocycles. The van der Waals surface area contributed by atoms with Crippen molar-refractivity contribution in [3.63, 3.8) is 0 Å². The first-order valence-corrected chi connectivity index (χ1v) is 6.15. The van der Waals surface area contributed by atoms with E-state index in [0.717, 1.165) is 4.48 Å². The second kappa shape index (κ2) is 5.46. The number of imidazole rings is 1. The van der Waals surface area contributed by atoms with Gasteiger partial charge in [-0.2, -0.15) is 0 Å². The third kappa shape index (κ3) is 2.86. The van der Waals surface area contributed by atoms with E-state index >= 15 is 0 Å². The predicted molar refractivity (Wildman–Crippen MR) is 70.8 cm³/mol. The number of hydrogen-bond acceptors (Lipinski definition) is 2. The molecule has 1 heterocycles. The Balaban J connectivity index is 2.28. The molecular formula is C13H12BrFN2O. The van der Waals surface area contributed by atoms with Crippen molar-refractivity contribution in [3.8, 4) is 0 Å². The van der Waals surface area contributed by atoms with E-state index in [9.17, 15) is 9.50 Å². The molecule has 1 N–H and O–H groups in total. The van der Waals surface area contributed by atoms with Gasteiger partial charge in [0.15, 0.2) is 0 Å². The molecular weight excluding hydrogens is 299 g/mol. The lowest BCUT2D eigenvalue weighted by Crippen LogP contribution is -2.10. The van der Waals surface area contributed by atoms with Gasteiger partial charge in [-0.3, -0.25) is 0 Å². The summed E-state index contributed by atoms with van der Waals surface area (Å²) in [6.45, 7) is 4.27. The fraction of sp³-hybridized carbons (Fsp3) is 0.154. The molecule has 2 aromatic rings. The Morgan fingerprint density at radius 3 is 2.72 bits per heavy atom. The molecule has 5 heteroatoms. The summed E-state index contributed by atoms with van der Waals surface area (Å²) in [5.74, 6) is 0.172. The first-order chi connectivity index (χ1) is 8.58. The second-order valence-corrected chi connectivity index (χ2v) is 5.01. The Kier molecular flexibility index (Phi) is 3.93. The van der Waals surface area contributed by atoms with E-state index in [1.807, 2.05) is 0 Å². The minimum absolute atomic E-state index is 0.330. The van der Waals surface area contributed by atoms with Crippen LogP contribution in [0.5, 0.6) is 0 Å². The van der Waals surface area contributed by atoms with Crippen LogP contribution in [0, 0.1) is 5.82 Å². The summed E-state index contributed by atoms with van der Waals surface area (Å²) in [5, 5.41) is 10.2. The van der Waals surface area contributed by atoms with Crippen molar-refractivity contribution in [2.45, 2.75) is 12.6 Å². The molecule has 0 aliphatic rings. The Hall–Kier alpha value is -1.46. The van der Waals surface area contributed by atoms with E-state index in [1.165, 1.54) is 12.1 Å². The summed E-state index contributed by atoms with van der Waals surface area (Å²) in [5.41, 5.74) is 0.601. The molecule has 0 aliphatic carbocycles. The molecule has 0 bridgehead atoms. The third-order valence-corrected chi connectivity index (χ3v) is 2.77. The molecule has 18 heavy (non-hydrogen) atoms. The van der Waals surface area contributed by atoms with Crippen LogP contribution in [0.4, 0.5) is 4.39 Å². The molecule has 1 atom stereocenters. The van der Waals surface area contributed by atoms with E-state index in [4.69, 9.17) is 0 Å². The lowest BCUT2D eigenvalue weighted by Gasteiger charge is -2.13. The molecule has 1 aromatic carbocycles. The summed E-state index contributed by atoms with van der Waals surface area (Å²) >= 11 is 3.27. The van der Waals surface area contributed by atoms with Gasteiger partial charge in [-0.25, -0.2) is 9.37 Å². The Bertz CT molecular complexity index is 550. The van der Waals surface area contributed by atoms with Gasteiger partial charge in [0, 0.05) is 16.9 Å². The number of halogens is 2. The summed E-state index contributed by atoms with van der Waals surface area (Å²) < 4.78 is 15.4. The van der Waals surface area contributed by atoms with Gasteiger partial charge in [0.2, 0.25) is 0 Å². The molecule has 3 nitrogen and oxygen atoms in total. The quantitative estimate of drug-likeness (QED) is 0.942. The highest BCUT2D eigenvalue weighted by Crippen LogP contribution is 2.21. The summed E-state index contributed by atoms with van der Waals surface area (Å²) in [4.78, 5) is 4.13. The lowest BCUT2D eigenvalue weighted by atomic mass is 10.1. The van der Waals surface area contributed by atoms with Crippen LogP contribution in [0.15, 0.2) is 47.7 Å². The van der Waals surface area contributed by atoms with E-state index in [-0.39, 0.29) is 5.82 Å². The number of nitrogens with zero attached hydrogens (tertiary/aromatic N) is 2. The fourth-order valence-corrected chi connectivity index (χ4v) is 1.95. The van der Waals surface area contributed by atoms with Crippen molar-refractivity contribution < 1.29 is 9.50 Å². The van der Waals surface area contributed by atoms with Gasteiger partial charge in [0.25, 0.3) is 0 Å². The monoisotopic (exact) mass is 310 g/mol. The topological polar surface area (TPSA) is 38.0 Å². The summed E-state index contributed by atoms with van der Waals surface area (Å²) in [7, 11) is 0. The lowest BCUT2D eigenvalue weighted by molar-refractivity contribution is 0.205. The van der Waals surface area contributed by atoms with Crippen LogP contribution in [0.2, 0.25) is 0 Å². The average molecular weight is 311 g/mol. The minimum Gasteiger partial charge on any atom is -0.380 e. The van der Waals surface area contributed by atoms with Gasteiger partial charge in [-0.05, 0) is 17.7 Å². The molecule has 0 amide bonds. The number of benzene rings is 1. The molecule has 0 saturated heterocycles. The minimum atomic E-state index is -0.882. The van der Waals surface area contributed by atoms with E-state index in [1.54, 1.807) is 29.1 Å². The normalized spacial score (nSPS) is 12.4. The van der Waals surface area contributed by atoms with Gasteiger partial charge < -0.3 is 9.67 Å². The van der Waals surface area contributed by atoms with Gasteiger partial charge in [0.05, 0.1) is 6.54 Å². The zero-order valence-electron chi connectivity index (χ0n) is 9.55. The summed E-state index contributed by atoms with van der Waals surface area (Å²) in [6, 6.07) is 5.72. The van der Waals surface area contributed by atoms with Crippen molar-refractivity contribution in [1.82, 2.24) is 9.55 Å². The number of hydrogen-bond donors (Lipinski definition) is 1. The van der Waals surface area contributed by atoms with Crippen LogP contribution in [-0.4, -0.2) is 14.7 Å². The van der Waals surface area contributed by atoms with Crippen LogP contribution < -0.4 is 0 Å². The van der Waals surface area contributed by atoms with Crippen LogP contribution in [0.3, 0.4) is 0 Å². The highest BCUT2D eigenvalue weighted by atomic mass is 79.9. The molecule has 0 fully saturated rings. The van der Waals surface area contributed by atoms with Crippen molar-refractivity contribution in [2.24, 2.45) is 0 Å². The highest BCUT2D eigenvalue weighted by Gasteiger charge is 2.16. The van der Waals surface area contributed by atoms with Crippen molar-refractivity contribution in [2.75, 3.05) is 0 Å². The smallest absolute Gasteiger partial charge is 0.142 e. The van der Waals surface area contributed by atoms with Gasteiger partial charge in [-0.15, -0.1) is 0 Å². The molecule has 1 aromatic heterocycles. The molecule has 2 rings (SSSR count). The predicted octanol–water partition coefficient (Wildman–Crippen LogP) is 3.01. The van der Waals surface area contributed by atoms with Gasteiger partial charge >= 0.3 is 0 Å². The first kappa shape index (κ1) is 13.0. The van der Waals surface area contributed by atoms with Crippen molar-refractivity contribution in [3.05, 3.63) is 64.9 Å². The van der Waals surface area contributed by atoms with Gasteiger partial charge in [0.1, 0.15) is 17.7 Å². The standard InChI is InChI=1S/C13H12BrFN2O/c1-9(14)8-17-7-6-16-13(17)12(18)10-2-4-11(15)5-3-10/h2-7,12,18H,1,8H2. The van der Waals surface area contributed by atoms with Gasteiger partial charge in [-0.1, -0.05) is 34.6 Å². The van der Waals surface area contributed by atoms with Crippen LogP contribution >= 0.6 is 15.9 Å². The SMILES string of the molecule is C=C(Br)Cn1ccnc1C(O)c1ccc(F)cc1. The van der Waals surface area contributed by atoms with E-state index < -0.39 is 6.10 Å². The summed E-state index contributed by atoms with van der Waals surface area (Å²) in [6.07, 6.45) is 2.49. The second-order valence-electron chi connectivity index (χ2n) is 3.88. The molecule has 1 unspecified atom stereocenters. The number of allylic oxidation sites excluding steroid dienone is 1. The number of rotatable bonds is 4. The highest BCUT2D eigenvalue weighted by molar-refractivity contribution is 9.11. The third-order valence-electron chi connectivity index (χ3n) is 2.52. The van der Waals surface area contributed by atoms with E-state index in [0.29, 0.717) is 17.9 Å². The first-order valence-electron chi connectivity index (χ1n) is 5.36. The van der Waals surface area contributed by atoms with Crippen LogP contribution in [-0.2, 0) is 6.54 Å².